The normalized spacial score (nSPS) is 17.2. The molecule has 0 spiro atoms. The summed E-state index contributed by atoms with van der Waals surface area (Å²) in [7, 11) is 1.60. The topological polar surface area (TPSA) is 87.7 Å². The third-order valence-corrected chi connectivity index (χ3v) is 4.17. The minimum Gasteiger partial charge on any atom is -0.459 e. The van der Waals surface area contributed by atoms with Crippen molar-refractivity contribution in [3.05, 3.63) is 41.1 Å². The van der Waals surface area contributed by atoms with Gasteiger partial charge in [-0.25, -0.2) is 9.59 Å². The molecule has 2 rings (SSSR count). The highest BCUT2D eigenvalue weighted by molar-refractivity contribution is 5.95. The average Bonchev–Trinajstić information content (AvgIpc) is 2.59. The van der Waals surface area contributed by atoms with Crippen LogP contribution in [0.1, 0.15) is 45.7 Å². The molecule has 0 saturated carbocycles. The van der Waals surface area contributed by atoms with E-state index in [2.05, 4.69) is 10.6 Å². The first-order valence-corrected chi connectivity index (χ1v) is 8.60. The molecule has 0 saturated heterocycles. The second-order valence-electron chi connectivity index (χ2n) is 6.42. The van der Waals surface area contributed by atoms with Gasteiger partial charge >= 0.3 is 12.0 Å². The number of hydrogen-bond acceptors (Lipinski definition) is 4. The number of nitrogens with zero attached hydrogens (tertiary/aromatic N) is 1. The molecule has 1 heterocycles. The van der Waals surface area contributed by atoms with E-state index in [9.17, 15) is 14.4 Å². The van der Waals surface area contributed by atoms with E-state index in [-0.39, 0.29) is 18.0 Å². The zero-order valence-electron chi connectivity index (χ0n) is 15.8. The van der Waals surface area contributed by atoms with E-state index in [4.69, 9.17) is 4.74 Å². The average molecular weight is 359 g/mol. The Morgan fingerprint density at radius 1 is 1.27 bits per heavy atom. The predicted octanol–water partition coefficient (Wildman–Crippen LogP) is 2.96. The van der Waals surface area contributed by atoms with Gasteiger partial charge in [0.05, 0.1) is 17.7 Å². The number of urea groups is 1. The Hall–Kier alpha value is -2.83. The van der Waals surface area contributed by atoms with Gasteiger partial charge in [0.1, 0.15) is 0 Å². The maximum atomic E-state index is 12.6. The molecule has 3 amide bonds. The van der Waals surface area contributed by atoms with Gasteiger partial charge in [0.25, 0.3) is 0 Å². The number of ether oxygens (including phenoxy) is 1. The number of esters is 1. The maximum Gasteiger partial charge on any atom is 0.338 e. The lowest BCUT2D eigenvalue weighted by Crippen LogP contribution is -2.46. The van der Waals surface area contributed by atoms with Crippen LogP contribution in [-0.2, 0) is 14.3 Å². The van der Waals surface area contributed by atoms with Crippen molar-refractivity contribution in [2.75, 3.05) is 12.4 Å². The molecule has 26 heavy (non-hydrogen) atoms. The summed E-state index contributed by atoms with van der Waals surface area (Å²) in [5.41, 5.74) is 2.33. The molecule has 1 aromatic carbocycles. The maximum absolute atomic E-state index is 12.6. The molecule has 140 valence electrons. The molecule has 1 aliphatic rings. The van der Waals surface area contributed by atoms with Gasteiger partial charge in [-0.2, -0.15) is 0 Å². The summed E-state index contributed by atoms with van der Waals surface area (Å²) in [5, 5.41) is 5.60. The fourth-order valence-corrected chi connectivity index (χ4v) is 2.64. The Balaban J connectivity index is 2.36. The summed E-state index contributed by atoms with van der Waals surface area (Å²) in [5.74, 6) is -0.542. The standard InChI is InChI=1S/C19H25N3O4/c1-6-15(23)20-14-9-7-13(8-10-14)17-16(18(24)26-11(2)3)12(4)22(5)19(25)21-17/h7-11,17H,6H2,1-5H3,(H,20,23)(H,21,25). The van der Waals surface area contributed by atoms with Crippen molar-refractivity contribution < 1.29 is 19.1 Å². The lowest BCUT2D eigenvalue weighted by molar-refractivity contribution is -0.143. The van der Waals surface area contributed by atoms with Crippen LogP contribution < -0.4 is 10.6 Å². The molecular weight excluding hydrogens is 334 g/mol. The molecule has 7 nitrogen and oxygen atoms in total. The van der Waals surface area contributed by atoms with E-state index in [0.29, 0.717) is 23.4 Å². The van der Waals surface area contributed by atoms with Gasteiger partial charge in [0.2, 0.25) is 5.91 Å². The summed E-state index contributed by atoms with van der Waals surface area (Å²) < 4.78 is 5.35. The number of rotatable bonds is 5. The largest absolute Gasteiger partial charge is 0.459 e. The summed E-state index contributed by atoms with van der Waals surface area (Å²) in [6.45, 7) is 7.05. The molecule has 0 radical (unpaired) electrons. The van der Waals surface area contributed by atoms with Crippen molar-refractivity contribution in [3.63, 3.8) is 0 Å². The van der Waals surface area contributed by atoms with E-state index in [1.165, 1.54) is 4.90 Å². The number of hydrogen-bond donors (Lipinski definition) is 2. The van der Waals surface area contributed by atoms with Crippen molar-refractivity contribution in [1.29, 1.82) is 0 Å². The van der Waals surface area contributed by atoms with Crippen molar-refractivity contribution >= 4 is 23.6 Å². The van der Waals surface area contributed by atoms with Gasteiger partial charge in [-0.1, -0.05) is 19.1 Å². The Bertz CT molecular complexity index is 738. The molecule has 0 aromatic heterocycles. The minimum atomic E-state index is -0.610. The predicted molar refractivity (Wildman–Crippen MR) is 98.3 cm³/mol. The third kappa shape index (κ3) is 4.22. The van der Waals surface area contributed by atoms with E-state index < -0.39 is 12.0 Å². The molecule has 0 aliphatic carbocycles. The molecule has 1 unspecified atom stereocenters. The van der Waals surface area contributed by atoms with Crippen molar-refractivity contribution in [2.45, 2.75) is 46.3 Å². The number of amides is 3. The molecular formula is C19H25N3O4. The van der Waals surface area contributed by atoms with E-state index in [0.717, 1.165) is 5.56 Å². The second kappa shape index (κ2) is 8.03. The van der Waals surface area contributed by atoms with Crippen LogP contribution in [0.3, 0.4) is 0 Å². The number of carbonyl (C=O) groups excluding carboxylic acids is 3. The van der Waals surface area contributed by atoms with E-state index in [1.54, 1.807) is 59.0 Å². The third-order valence-electron chi connectivity index (χ3n) is 4.17. The Morgan fingerprint density at radius 3 is 2.42 bits per heavy atom. The highest BCUT2D eigenvalue weighted by Crippen LogP contribution is 2.31. The lowest BCUT2D eigenvalue weighted by Gasteiger charge is -2.33. The van der Waals surface area contributed by atoms with Crippen LogP contribution >= 0.6 is 0 Å². The van der Waals surface area contributed by atoms with Crippen LogP contribution in [0.25, 0.3) is 0 Å². The number of carbonyl (C=O) groups is 3. The number of anilines is 1. The first-order valence-electron chi connectivity index (χ1n) is 8.60. The smallest absolute Gasteiger partial charge is 0.338 e. The zero-order valence-corrected chi connectivity index (χ0v) is 15.8. The summed E-state index contributed by atoms with van der Waals surface area (Å²) in [6.07, 6.45) is 0.123. The highest BCUT2D eigenvalue weighted by atomic mass is 16.5. The van der Waals surface area contributed by atoms with Crippen molar-refractivity contribution in [1.82, 2.24) is 10.2 Å². The lowest BCUT2D eigenvalue weighted by atomic mass is 9.95. The Labute approximate surface area is 153 Å². The van der Waals surface area contributed by atoms with Gasteiger partial charge in [-0.05, 0) is 38.5 Å². The van der Waals surface area contributed by atoms with Crippen LogP contribution in [0.5, 0.6) is 0 Å². The van der Waals surface area contributed by atoms with Crippen LogP contribution in [0.15, 0.2) is 35.5 Å². The van der Waals surface area contributed by atoms with Gasteiger partial charge in [-0.15, -0.1) is 0 Å². The van der Waals surface area contributed by atoms with Crippen LogP contribution in [0.4, 0.5) is 10.5 Å². The van der Waals surface area contributed by atoms with E-state index in [1.807, 2.05) is 0 Å². The molecule has 7 heteroatoms. The van der Waals surface area contributed by atoms with Gasteiger partial charge in [0, 0.05) is 24.9 Å². The minimum absolute atomic E-state index is 0.0812. The SMILES string of the molecule is CCC(=O)Nc1ccc(C2NC(=O)N(C)C(C)=C2C(=O)OC(C)C)cc1. The molecule has 1 aromatic rings. The molecule has 0 fully saturated rings. The number of nitrogens with one attached hydrogen (secondary N) is 2. The van der Waals surface area contributed by atoms with Crippen molar-refractivity contribution in [2.24, 2.45) is 0 Å². The molecule has 0 bridgehead atoms. The van der Waals surface area contributed by atoms with Crippen LogP contribution in [-0.4, -0.2) is 36.0 Å². The van der Waals surface area contributed by atoms with Crippen molar-refractivity contribution in [3.8, 4) is 0 Å². The van der Waals surface area contributed by atoms with Crippen LogP contribution in [0, 0.1) is 0 Å². The first-order chi connectivity index (χ1) is 12.2. The van der Waals surface area contributed by atoms with Gasteiger partial charge < -0.3 is 20.3 Å². The summed E-state index contributed by atoms with van der Waals surface area (Å²) in [4.78, 5) is 37.7. The fourth-order valence-electron chi connectivity index (χ4n) is 2.64. The fraction of sp³-hybridized carbons (Fsp3) is 0.421. The highest BCUT2D eigenvalue weighted by Gasteiger charge is 2.35. The molecule has 1 atom stereocenters. The second-order valence-corrected chi connectivity index (χ2v) is 6.42. The van der Waals surface area contributed by atoms with E-state index >= 15 is 0 Å². The Kier molecular flexibility index (Phi) is 6.02. The number of allylic oxidation sites excluding steroid dienone is 1. The monoisotopic (exact) mass is 359 g/mol. The quantitative estimate of drug-likeness (QED) is 0.791. The van der Waals surface area contributed by atoms with Crippen LogP contribution in [0.2, 0.25) is 0 Å². The summed E-state index contributed by atoms with van der Waals surface area (Å²) >= 11 is 0. The van der Waals surface area contributed by atoms with Gasteiger partial charge in [-0.3, -0.25) is 4.79 Å². The first kappa shape index (κ1) is 19.5. The molecule has 1 aliphatic heterocycles. The number of benzene rings is 1. The zero-order chi connectivity index (χ0) is 19.4. The Morgan fingerprint density at radius 2 is 1.88 bits per heavy atom. The van der Waals surface area contributed by atoms with Gasteiger partial charge in [0.15, 0.2) is 0 Å². The molecule has 2 N–H and O–H groups in total. The summed E-state index contributed by atoms with van der Waals surface area (Å²) in [6, 6.07) is 6.13.